The van der Waals surface area contributed by atoms with Gasteiger partial charge in [0.15, 0.2) is 0 Å². The zero-order chi connectivity index (χ0) is 21.8. The monoisotopic (exact) mass is 418 g/mol. The molecule has 10 unspecified atom stereocenters. The van der Waals surface area contributed by atoms with Gasteiger partial charge in [-0.05, 0) is 110 Å². The molecular formula is C26H42O4. The van der Waals surface area contributed by atoms with Crippen molar-refractivity contribution in [1.29, 1.82) is 0 Å². The van der Waals surface area contributed by atoms with Gasteiger partial charge in [0, 0.05) is 6.42 Å². The molecule has 4 saturated carbocycles. The molecule has 0 heterocycles. The van der Waals surface area contributed by atoms with Crippen molar-refractivity contribution in [2.24, 2.45) is 46.3 Å². The van der Waals surface area contributed by atoms with Crippen LogP contribution >= 0.6 is 0 Å². The summed E-state index contributed by atoms with van der Waals surface area (Å²) in [5.74, 6) is 1.94. The summed E-state index contributed by atoms with van der Waals surface area (Å²) in [6, 6.07) is 0. The molecule has 4 rings (SSSR count). The smallest absolute Gasteiger partial charge is 0.303 e. The Morgan fingerprint density at radius 3 is 2.43 bits per heavy atom. The van der Waals surface area contributed by atoms with Gasteiger partial charge in [0.05, 0.1) is 12.2 Å². The molecule has 0 radical (unpaired) electrons. The summed E-state index contributed by atoms with van der Waals surface area (Å²) in [5.41, 5.74) is 1.57. The van der Waals surface area contributed by atoms with Crippen LogP contribution in [0, 0.1) is 46.3 Å². The van der Waals surface area contributed by atoms with Crippen LogP contribution in [-0.4, -0.2) is 33.5 Å². The van der Waals surface area contributed by atoms with Crippen LogP contribution in [0.1, 0.15) is 85.5 Å². The Morgan fingerprint density at radius 2 is 1.77 bits per heavy atom. The van der Waals surface area contributed by atoms with Crippen molar-refractivity contribution in [2.75, 3.05) is 0 Å². The first kappa shape index (κ1) is 22.3. The van der Waals surface area contributed by atoms with E-state index in [1.807, 2.05) is 0 Å². The van der Waals surface area contributed by atoms with Crippen molar-refractivity contribution in [3.63, 3.8) is 0 Å². The second-order valence-electron chi connectivity index (χ2n) is 11.6. The Morgan fingerprint density at radius 1 is 1.10 bits per heavy atom. The summed E-state index contributed by atoms with van der Waals surface area (Å²) in [7, 11) is 0. The van der Waals surface area contributed by atoms with E-state index in [9.17, 15) is 15.0 Å². The van der Waals surface area contributed by atoms with Crippen molar-refractivity contribution in [3.05, 3.63) is 11.6 Å². The van der Waals surface area contributed by atoms with Gasteiger partial charge in [-0.2, -0.15) is 0 Å². The minimum Gasteiger partial charge on any atom is -0.481 e. The molecule has 4 heteroatoms. The van der Waals surface area contributed by atoms with Crippen LogP contribution in [0.25, 0.3) is 0 Å². The maximum atomic E-state index is 11.6. The second kappa shape index (κ2) is 7.92. The number of aliphatic hydroxyl groups is 2. The van der Waals surface area contributed by atoms with Gasteiger partial charge in [-0.25, -0.2) is 0 Å². The van der Waals surface area contributed by atoms with Crippen molar-refractivity contribution in [1.82, 2.24) is 0 Å². The fourth-order valence-electron chi connectivity index (χ4n) is 9.00. The normalized spacial score (nSPS) is 50.5. The molecule has 10 atom stereocenters. The molecule has 0 aromatic carbocycles. The quantitative estimate of drug-likeness (QED) is 0.559. The molecule has 170 valence electrons. The lowest BCUT2D eigenvalue weighted by Crippen LogP contribution is -2.59. The number of fused-ring (bicyclic) bond motifs is 5. The molecule has 0 aromatic rings. The average Bonchev–Trinajstić information content (AvgIpc) is 3.05. The lowest BCUT2D eigenvalue weighted by molar-refractivity contribution is -0.147. The maximum absolute atomic E-state index is 11.6. The van der Waals surface area contributed by atoms with Crippen LogP contribution in [0.3, 0.4) is 0 Å². The number of carboxylic acid groups (broad SMARTS) is 1. The third-order valence-electron chi connectivity index (χ3n) is 10.5. The summed E-state index contributed by atoms with van der Waals surface area (Å²) in [6.07, 6.45) is 9.99. The van der Waals surface area contributed by atoms with E-state index in [2.05, 4.69) is 33.8 Å². The SMILES string of the molecule is C/C=C1\C(O)C2C(CCC3(C)C(C(C)CCC(=O)O)CCC23)C2(C)CCC(O)CC12. The number of allylic oxidation sites excluding steroid dienone is 1. The van der Waals surface area contributed by atoms with E-state index < -0.39 is 5.97 Å². The molecule has 0 saturated heterocycles. The average molecular weight is 419 g/mol. The number of aliphatic hydroxyl groups excluding tert-OH is 2. The summed E-state index contributed by atoms with van der Waals surface area (Å²) < 4.78 is 0. The zero-order valence-electron chi connectivity index (χ0n) is 19.3. The van der Waals surface area contributed by atoms with E-state index in [1.54, 1.807) is 0 Å². The van der Waals surface area contributed by atoms with Crippen LogP contribution < -0.4 is 0 Å². The molecule has 0 aliphatic heterocycles. The van der Waals surface area contributed by atoms with Crippen LogP contribution in [-0.2, 0) is 4.79 Å². The topological polar surface area (TPSA) is 77.8 Å². The number of hydrogen-bond donors (Lipinski definition) is 3. The van der Waals surface area contributed by atoms with E-state index in [0.717, 1.165) is 38.5 Å². The van der Waals surface area contributed by atoms with Crippen molar-refractivity contribution >= 4 is 5.97 Å². The molecule has 4 aliphatic carbocycles. The summed E-state index contributed by atoms with van der Waals surface area (Å²) >= 11 is 0. The minimum atomic E-state index is -0.691. The standard InChI is InChI=1S/C26H42O4/c1-5-17-21-14-16(27)10-12-26(21,4)20-11-13-25(3)18(15(2)6-9-22(28)29)7-8-19(25)23(20)24(17)30/h5,15-16,18-21,23-24,27,30H,6-14H2,1-4H3,(H,28,29)/b17-5-. The number of carbonyl (C=O) groups is 1. The van der Waals surface area contributed by atoms with Gasteiger partial charge in [-0.15, -0.1) is 0 Å². The maximum Gasteiger partial charge on any atom is 0.303 e. The Labute approximate surface area is 182 Å². The Balaban J connectivity index is 1.63. The van der Waals surface area contributed by atoms with E-state index in [4.69, 9.17) is 5.11 Å². The van der Waals surface area contributed by atoms with Gasteiger partial charge < -0.3 is 15.3 Å². The summed E-state index contributed by atoms with van der Waals surface area (Å²) in [6.45, 7) is 9.21. The number of aliphatic carboxylic acids is 1. The Bertz CT molecular complexity index is 701. The van der Waals surface area contributed by atoms with Crippen molar-refractivity contribution < 1.29 is 20.1 Å². The Kier molecular flexibility index (Phi) is 5.89. The highest BCUT2D eigenvalue weighted by Crippen LogP contribution is 2.69. The highest BCUT2D eigenvalue weighted by atomic mass is 16.4. The lowest BCUT2D eigenvalue weighted by atomic mass is 9.42. The van der Waals surface area contributed by atoms with E-state index in [1.165, 1.54) is 18.4 Å². The van der Waals surface area contributed by atoms with Gasteiger partial charge in [-0.3, -0.25) is 4.79 Å². The molecule has 4 nitrogen and oxygen atoms in total. The van der Waals surface area contributed by atoms with Gasteiger partial charge in [0.2, 0.25) is 0 Å². The largest absolute Gasteiger partial charge is 0.481 e. The lowest BCUT2D eigenvalue weighted by Gasteiger charge is -2.63. The minimum absolute atomic E-state index is 0.180. The van der Waals surface area contributed by atoms with Crippen LogP contribution in [0.4, 0.5) is 0 Å². The summed E-state index contributed by atoms with van der Waals surface area (Å²) in [4.78, 5) is 11.1. The Hall–Kier alpha value is -0.870. The molecular weight excluding hydrogens is 376 g/mol. The fraction of sp³-hybridized carbons (Fsp3) is 0.885. The fourth-order valence-corrected chi connectivity index (χ4v) is 9.00. The first-order chi connectivity index (χ1) is 14.1. The van der Waals surface area contributed by atoms with Crippen LogP contribution in [0.5, 0.6) is 0 Å². The van der Waals surface area contributed by atoms with Crippen molar-refractivity contribution in [2.45, 2.75) is 97.7 Å². The highest BCUT2D eigenvalue weighted by Gasteiger charge is 2.63. The number of hydrogen-bond acceptors (Lipinski definition) is 3. The molecule has 0 aromatic heterocycles. The van der Waals surface area contributed by atoms with Crippen LogP contribution in [0.15, 0.2) is 11.6 Å². The highest BCUT2D eigenvalue weighted by molar-refractivity contribution is 5.66. The molecule has 30 heavy (non-hydrogen) atoms. The van der Waals surface area contributed by atoms with Gasteiger partial charge in [0.25, 0.3) is 0 Å². The molecule has 0 amide bonds. The molecule has 0 spiro atoms. The molecule has 4 fully saturated rings. The predicted molar refractivity (Wildman–Crippen MR) is 118 cm³/mol. The van der Waals surface area contributed by atoms with Crippen LogP contribution in [0.2, 0.25) is 0 Å². The van der Waals surface area contributed by atoms with E-state index in [0.29, 0.717) is 35.5 Å². The van der Waals surface area contributed by atoms with E-state index in [-0.39, 0.29) is 29.5 Å². The molecule has 3 N–H and O–H groups in total. The molecule has 4 aliphatic rings. The van der Waals surface area contributed by atoms with Gasteiger partial charge in [0.1, 0.15) is 0 Å². The number of rotatable bonds is 4. The number of carboxylic acids is 1. The molecule has 0 bridgehead atoms. The van der Waals surface area contributed by atoms with Crippen molar-refractivity contribution in [3.8, 4) is 0 Å². The van der Waals surface area contributed by atoms with E-state index >= 15 is 0 Å². The summed E-state index contributed by atoms with van der Waals surface area (Å²) in [5, 5.41) is 31.2. The zero-order valence-corrected chi connectivity index (χ0v) is 19.3. The predicted octanol–water partition coefficient (Wildman–Crippen LogP) is 5.03. The first-order valence-corrected chi connectivity index (χ1v) is 12.4. The third-order valence-corrected chi connectivity index (χ3v) is 10.5. The van der Waals surface area contributed by atoms with Gasteiger partial charge >= 0.3 is 5.97 Å². The first-order valence-electron chi connectivity index (χ1n) is 12.4. The second-order valence-corrected chi connectivity index (χ2v) is 11.6. The van der Waals surface area contributed by atoms with Gasteiger partial charge in [-0.1, -0.05) is 26.8 Å². The third kappa shape index (κ3) is 3.28.